The molecule has 6 heteroatoms. The van der Waals surface area contributed by atoms with Gasteiger partial charge < -0.3 is 5.21 Å². The SMILES string of the molecule is CSCC(C)(C)/C(=N/O)n1cncn1. The molecular weight excluding hydrogens is 200 g/mol. The van der Waals surface area contributed by atoms with Crippen molar-refractivity contribution in [1.82, 2.24) is 14.8 Å². The summed E-state index contributed by atoms with van der Waals surface area (Å²) >= 11 is 1.70. The maximum atomic E-state index is 8.95. The molecular formula is C8H14N4OS. The van der Waals surface area contributed by atoms with Crippen LogP contribution in [0.1, 0.15) is 13.8 Å². The molecule has 0 spiro atoms. The Balaban J connectivity index is 2.94. The van der Waals surface area contributed by atoms with Gasteiger partial charge in [-0.3, -0.25) is 0 Å². The number of oxime groups is 1. The van der Waals surface area contributed by atoms with Crippen molar-refractivity contribution in [2.45, 2.75) is 13.8 Å². The highest BCUT2D eigenvalue weighted by atomic mass is 32.2. The molecule has 1 aromatic rings. The third-order valence-corrected chi connectivity index (χ3v) is 2.85. The average Bonchev–Trinajstić information content (AvgIpc) is 2.57. The molecule has 0 aliphatic carbocycles. The lowest BCUT2D eigenvalue weighted by Crippen LogP contribution is -2.33. The van der Waals surface area contributed by atoms with Crippen LogP contribution in [-0.2, 0) is 0 Å². The second-order valence-corrected chi connectivity index (χ2v) is 4.45. The van der Waals surface area contributed by atoms with Crippen LogP contribution in [0.25, 0.3) is 0 Å². The average molecular weight is 214 g/mol. The van der Waals surface area contributed by atoms with Crippen molar-refractivity contribution < 1.29 is 5.21 Å². The van der Waals surface area contributed by atoms with E-state index in [1.54, 1.807) is 11.8 Å². The molecule has 78 valence electrons. The zero-order valence-electron chi connectivity index (χ0n) is 8.51. The number of aromatic nitrogens is 3. The van der Waals surface area contributed by atoms with Crippen molar-refractivity contribution in [3.8, 4) is 0 Å². The van der Waals surface area contributed by atoms with Gasteiger partial charge >= 0.3 is 0 Å². The first-order valence-electron chi connectivity index (χ1n) is 4.18. The molecule has 0 aromatic carbocycles. The van der Waals surface area contributed by atoms with Gasteiger partial charge in [0.2, 0.25) is 0 Å². The molecule has 0 saturated carbocycles. The minimum Gasteiger partial charge on any atom is -0.409 e. The van der Waals surface area contributed by atoms with Gasteiger partial charge in [0.25, 0.3) is 0 Å². The first-order chi connectivity index (χ1) is 6.61. The molecule has 0 amide bonds. The van der Waals surface area contributed by atoms with Crippen LogP contribution in [0.2, 0.25) is 0 Å². The molecule has 0 atom stereocenters. The van der Waals surface area contributed by atoms with E-state index in [1.165, 1.54) is 17.3 Å². The summed E-state index contributed by atoms with van der Waals surface area (Å²) in [6, 6.07) is 0. The minimum atomic E-state index is -0.234. The molecule has 1 aromatic heterocycles. The first kappa shape index (κ1) is 11.0. The van der Waals surface area contributed by atoms with E-state index in [9.17, 15) is 0 Å². The van der Waals surface area contributed by atoms with Gasteiger partial charge in [0.1, 0.15) is 12.7 Å². The van der Waals surface area contributed by atoms with Gasteiger partial charge in [-0.15, -0.1) is 0 Å². The highest BCUT2D eigenvalue weighted by molar-refractivity contribution is 7.98. The predicted molar refractivity (Wildman–Crippen MR) is 56.8 cm³/mol. The third kappa shape index (κ3) is 2.25. The van der Waals surface area contributed by atoms with Crippen LogP contribution in [0.3, 0.4) is 0 Å². The van der Waals surface area contributed by atoms with E-state index in [-0.39, 0.29) is 5.41 Å². The lowest BCUT2D eigenvalue weighted by Gasteiger charge is -2.23. The van der Waals surface area contributed by atoms with E-state index in [4.69, 9.17) is 5.21 Å². The Morgan fingerprint density at radius 1 is 1.64 bits per heavy atom. The molecule has 0 fully saturated rings. The number of hydrogen-bond acceptors (Lipinski definition) is 5. The van der Waals surface area contributed by atoms with Crippen molar-refractivity contribution in [2.24, 2.45) is 10.6 Å². The van der Waals surface area contributed by atoms with Gasteiger partial charge in [-0.25, -0.2) is 9.67 Å². The molecule has 1 heterocycles. The van der Waals surface area contributed by atoms with Crippen LogP contribution in [0.4, 0.5) is 0 Å². The lowest BCUT2D eigenvalue weighted by atomic mass is 9.95. The predicted octanol–water partition coefficient (Wildman–Crippen LogP) is 1.30. The van der Waals surface area contributed by atoms with Crippen molar-refractivity contribution in [2.75, 3.05) is 12.0 Å². The largest absolute Gasteiger partial charge is 0.409 e. The topological polar surface area (TPSA) is 63.3 Å². The summed E-state index contributed by atoms with van der Waals surface area (Å²) in [5.41, 5.74) is -0.234. The fourth-order valence-corrected chi connectivity index (χ4v) is 2.09. The summed E-state index contributed by atoms with van der Waals surface area (Å²) in [4.78, 5) is 3.82. The van der Waals surface area contributed by atoms with Crippen LogP contribution in [-0.4, -0.2) is 37.8 Å². The van der Waals surface area contributed by atoms with Gasteiger partial charge in [-0.1, -0.05) is 19.0 Å². The van der Waals surface area contributed by atoms with Crippen molar-refractivity contribution in [3.05, 3.63) is 12.7 Å². The van der Waals surface area contributed by atoms with Gasteiger partial charge in [0.15, 0.2) is 5.84 Å². The standard InChI is InChI=1S/C8H14N4OS/c1-8(2,4-14-3)7(11-13)12-6-9-5-10-12/h5-6,13H,4H2,1-3H3/b11-7-. The molecule has 0 saturated heterocycles. The van der Waals surface area contributed by atoms with Gasteiger partial charge in [0, 0.05) is 11.2 Å². The van der Waals surface area contributed by atoms with E-state index >= 15 is 0 Å². The Morgan fingerprint density at radius 2 is 2.36 bits per heavy atom. The fourth-order valence-electron chi connectivity index (χ4n) is 1.23. The summed E-state index contributed by atoms with van der Waals surface area (Å²) < 4.78 is 1.48. The molecule has 0 unspecified atom stereocenters. The molecule has 14 heavy (non-hydrogen) atoms. The van der Waals surface area contributed by atoms with E-state index in [1.807, 2.05) is 20.1 Å². The molecule has 0 aliphatic heterocycles. The van der Waals surface area contributed by atoms with E-state index in [0.29, 0.717) is 5.84 Å². The van der Waals surface area contributed by atoms with Crippen molar-refractivity contribution in [1.29, 1.82) is 0 Å². The molecule has 1 N–H and O–H groups in total. The molecule has 1 rings (SSSR count). The van der Waals surface area contributed by atoms with Crippen LogP contribution >= 0.6 is 11.8 Å². The van der Waals surface area contributed by atoms with Gasteiger partial charge in [-0.05, 0) is 6.26 Å². The quantitative estimate of drug-likeness (QED) is 0.356. The third-order valence-electron chi connectivity index (χ3n) is 1.84. The summed E-state index contributed by atoms with van der Waals surface area (Å²) in [7, 11) is 0. The van der Waals surface area contributed by atoms with Crippen LogP contribution in [0.5, 0.6) is 0 Å². The Hall–Kier alpha value is -1.04. The maximum absolute atomic E-state index is 8.95. The highest BCUT2D eigenvalue weighted by Crippen LogP contribution is 2.22. The number of rotatable bonds is 3. The maximum Gasteiger partial charge on any atom is 0.177 e. The molecule has 0 aliphatic rings. The molecule has 0 bridgehead atoms. The first-order valence-corrected chi connectivity index (χ1v) is 5.57. The second-order valence-electron chi connectivity index (χ2n) is 3.58. The Kier molecular flexibility index (Phi) is 3.51. The summed E-state index contributed by atoms with van der Waals surface area (Å²) in [5.74, 6) is 1.36. The van der Waals surface area contributed by atoms with Crippen LogP contribution in [0, 0.1) is 5.41 Å². The van der Waals surface area contributed by atoms with E-state index < -0.39 is 0 Å². The highest BCUT2D eigenvalue weighted by Gasteiger charge is 2.27. The molecule has 5 nitrogen and oxygen atoms in total. The lowest BCUT2D eigenvalue weighted by molar-refractivity contribution is 0.307. The number of thioether (sulfide) groups is 1. The zero-order chi connectivity index (χ0) is 10.6. The smallest absolute Gasteiger partial charge is 0.177 e. The molecule has 0 radical (unpaired) electrons. The number of nitrogens with zero attached hydrogens (tertiary/aromatic N) is 4. The summed E-state index contributed by atoms with van der Waals surface area (Å²) in [6.45, 7) is 4.00. The van der Waals surface area contributed by atoms with Crippen LogP contribution in [0.15, 0.2) is 17.8 Å². The van der Waals surface area contributed by atoms with E-state index in [0.717, 1.165) is 5.75 Å². The van der Waals surface area contributed by atoms with Crippen molar-refractivity contribution >= 4 is 17.6 Å². The second kappa shape index (κ2) is 4.45. The van der Waals surface area contributed by atoms with Crippen molar-refractivity contribution in [3.63, 3.8) is 0 Å². The van der Waals surface area contributed by atoms with E-state index in [2.05, 4.69) is 15.2 Å². The summed E-state index contributed by atoms with van der Waals surface area (Å²) in [6.07, 6.45) is 4.95. The Labute approximate surface area is 87.2 Å². The zero-order valence-corrected chi connectivity index (χ0v) is 9.32. The fraction of sp³-hybridized carbons (Fsp3) is 0.625. The Bertz CT molecular complexity index is 307. The van der Waals surface area contributed by atoms with Gasteiger partial charge in [-0.2, -0.15) is 16.9 Å². The van der Waals surface area contributed by atoms with Gasteiger partial charge in [0.05, 0.1) is 0 Å². The number of hydrogen-bond donors (Lipinski definition) is 1. The normalized spacial score (nSPS) is 13.2. The summed E-state index contributed by atoms with van der Waals surface area (Å²) in [5, 5.41) is 16.2. The Morgan fingerprint density at radius 3 is 2.79 bits per heavy atom. The minimum absolute atomic E-state index is 0.234. The van der Waals surface area contributed by atoms with Crippen LogP contribution < -0.4 is 0 Å². The monoisotopic (exact) mass is 214 g/mol.